The lowest BCUT2D eigenvalue weighted by atomic mass is 10.1. The van der Waals surface area contributed by atoms with Crippen molar-refractivity contribution in [2.75, 3.05) is 13.6 Å². The van der Waals surface area contributed by atoms with Crippen molar-refractivity contribution < 1.29 is 14.4 Å². The van der Waals surface area contributed by atoms with Gasteiger partial charge in [0.1, 0.15) is 12.2 Å². The van der Waals surface area contributed by atoms with Crippen molar-refractivity contribution in [2.24, 2.45) is 0 Å². The third kappa shape index (κ3) is 3.56. The summed E-state index contributed by atoms with van der Waals surface area (Å²) in [6.07, 6.45) is -0.547. The van der Waals surface area contributed by atoms with Gasteiger partial charge in [-0.15, -0.1) is 0 Å². The van der Waals surface area contributed by atoms with Crippen molar-refractivity contribution in [3.8, 4) is 0 Å². The first-order valence-corrected chi connectivity index (χ1v) is 9.97. The number of hydrogen-bond donors (Lipinski definition) is 1. The Balaban J connectivity index is 1.52. The van der Waals surface area contributed by atoms with Gasteiger partial charge in [0.15, 0.2) is 0 Å². The zero-order chi connectivity index (χ0) is 21.3. The number of hydrazine groups is 1. The highest BCUT2D eigenvalue weighted by atomic mass is 16.2. The first kappa shape index (κ1) is 19.8. The molecule has 0 bridgehead atoms. The van der Waals surface area contributed by atoms with E-state index in [1.54, 1.807) is 18.9 Å². The molecule has 2 aliphatic rings. The molecule has 4 rings (SSSR count). The molecule has 2 aliphatic heterocycles. The van der Waals surface area contributed by atoms with Crippen molar-refractivity contribution in [3.05, 3.63) is 71.8 Å². The number of rotatable bonds is 4. The zero-order valence-electron chi connectivity index (χ0n) is 17.1. The lowest BCUT2D eigenvalue weighted by molar-refractivity contribution is -0.144. The molecular formula is C22H25N5O3. The predicted molar refractivity (Wildman–Crippen MR) is 111 cm³/mol. The Morgan fingerprint density at radius 2 is 1.60 bits per heavy atom. The molecule has 8 nitrogen and oxygen atoms in total. The lowest BCUT2D eigenvalue weighted by Crippen LogP contribution is -2.63. The molecule has 8 heteroatoms. The van der Waals surface area contributed by atoms with Gasteiger partial charge in [0, 0.05) is 20.1 Å². The van der Waals surface area contributed by atoms with Gasteiger partial charge < -0.3 is 10.2 Å². The van der Waals surface area contributed by atoms with E-state index in [9.17, 15) is 14.4 Å². The van der Waals surface area contributed by atoms with Crippen LogP contribution in [0.4, 0.5) is 9.59 Å². The van der Waals surface area contributed by atoms with Gasteiger partial charge in [-0.2, -0.15) is 0 Å². The number of hydrogen-bond acceptors (Lipinski definition) is 3. The second-order valence-corrected chi connectivity index (χ2v) is 7.56. The van der Waals surface area contributed by atoms with Gasteiger partial charge in [-0.3, -0.25) is 9.69 Å². The third-order valence-electron chi connectivity index (χ3n) is 5.61. The Kier molecular flexibility index (Phi) is 5.31. The topological polar surface area (TPSA) is 76.2 Å². The number of carbonyl (C=O) groups excluding carboxylic acids is 3. The summed E-state index contributed by atoms with van der Waals surface area (Å²) in [6.45, 7) is 2.76. The second kappa shape index (κ2) is 8.06. The summed E-state index contributed by atoms with van der Waals surface area (Å²) in [5.41, 5.74) is 1.97. The molecule has 0 aromatic heterocycles. The fraction of sp³-hybridized carbons (Fsp3) is 0.318. The highest BCUT2D eigenvalue weighted by molar-refractivity contribution is 5.91. The van der Waals surface area contributed by atoms with Crippen LogP contribution in [0.15, 0.2) is 60.7 Å². The summed E-state index contributed by atoms with van der Waals surface area (Å²) in [5, 5.41) is 5.58. The molecule has 30 heavy (non-hydrogen) atoms. The van der Waals surface area contributed by atoms with E-state index < -0.39 is 12.2 Å². The van der Waals surface area contributed by atoms with Crippen LogP contribution in [0.3, 0.4) is 0 Å². The van der Waals surface area contributed by atoms with Crippen molar-refractivity contribution in [1.82, 2.24) is 25.1 Å². The van der Waals surface area contributed by atoms with Crippen LogP contribution in [0, 0.1) is 0 Å². The smallest absolute Gasteiger partial charge is 0.333 e. The average molecular weight is 407 g/mol. The van der Waals surface area contributed by atoms with Gasteiger partial charge in [0.05, 0.1) is 6.54 Å². The number of nitrogens with zero attached hydrogens (tertiary/aromatic N) is 4. The predicted octanol–water partition coefficient (Wildman–Crippen LogP) is 2.24. The molecular weight excluding hydrogens is 382 g/mol. The first-order valence-electron chi connectivity index (χ1n) is 9.97. The molecule has 2 atom stereocenters. The monoisotopic (exact) mass is 407 g/mol. The number of nitrogens with one attached hydrogen (secondary N) is 1. The number of piperazine rings is 1. The molecule has 156 valence electrons. The molecule has 0 saturated carbocycles. The maximum Gasteiger partial charge on any atom is 0.341 e. The van der Waals surface area contributed by atoms with Crippen molar-refractivity contribution in [1.29, 1.82) is 0 Å². The summed E-state index contributed by atoms with van der Waals surface area (Å²) in [4.78, 5) is 41.9. The Morgan fingerprint density at radius 3 is 2.23 bits per heavy atom. The standard InChI is InChI=1S/C22H25N5O3/c1-16-20(28)25(14-18-11-7-4-8-12-18)15-19-26(16)22(30)24(2)27(19)21(29)23-13-17-9-5-3-6-10-17/h3-12,16,19H,13-15H2,1-2H3,(H,23,29). The molecule has 2 heterocycles. The molecule has 2 fully saturated rings. The molecule has 2 aromatic carbocycles. The van der Waals surface area contributed by atoms with E-state index in [2.05, 4.69) is 5.32 Å². The van der Waals surface area contributed by atoms with E-state index in [4.69, 9.17) is 0 Å². The summed E-state index contributed by atoms with van der Waals surface area (Å²) in [7, 11) is 1.56. The summed E-state index contributed by atoms with van der Waals surface area (Å²) >= 11 is 0. The maximum absolute atomic E-state index is 13.0. The maximum atomic E-state index is 13.0. The SMILES string of the molecule is CC1C(=O)N(Cc2ccccc2)CC2N1C(=O)N(C)N2C(=O)NCc1ccccc1. The van der Waals surface area contributed by atoms with Crippen LogP contribution in [-0.2, 0) is 17.9 Å². The largest absolute Gasteiger partial charge is 0.341 e. The molecule has 0 radical (unpaired) electrons. The number of fused-ring (bicyclic) bond motifs is 1. The van der Waals surface area contributed by atoms with Crippen LogP contribution in [-0.4, -0.2) is 63.6 Å². The molecule has 0 aliphatic carbocycles. The number of carbonyl (C=O) groups is 3. The Labute approximate surface area is 175 Å². The van der Waals surface area contributed by atoms with E-state index >= 15 is 0 Å². The van der Waals surface area contributed by atoms with E-state index in [1.807, 2.05) is 60.7 Å². The molecule has 1 N–H and O–H groups in total. The lowest BCUT2D eigenvalue weighted by Gasteiger charge is -2.41. The quantitative estimate of drug-likeness (QED) is 0.845. The first-order chi connectivity index (χ1) is 14.5. The normalized spacial score (nSPS) is 21.1. The van der Waals surface area contributed by atoms with Gasteiger partial charge in [-0.25, -0.2) is 19.6 Å². The summed E-state index contributed by atoms with van der Waals surface area (Å²) in [6, 6.07) is 17.9. The number of benzene rings is 2. The van der Waals surface area contributed by atoms with Crippen molar-refractivity contribution in [2.45, 2.75) is 32.2 Å². The number of amides is 5. The minimum atomic E-state index is -0.644. The minimum absolute atomic E-state index is 0.122. The highest BCUT2D eigenvalue weighted by Gasteiger charge is 2.52. The van der Waals surface area contributed by atoms with Crippen LogP contribution >= 0.6 is 0 Å². The van der Waals surface area contributed by atoms with Gasteiger partial charge in [0.25, 0.3) is 0 Å². The molecule has 2 saturated heterocycles. The third-order valence-corrected chi connectivity index (χ3v) is 5.61. The van der Waals surface area contributed by atoms with E-state index in [-0.39, 0.29) is 24.5 Å². The van der Waals surface area contributed by atoms with Crippen molar-refractivity contribution >= 4 is 18.0 Å². The van der Waals surface area contributed by atoms with Gasteiger partial charge >= 0.3 is 12.1 Å². The molecule has 2 unspecified atom stereocenters. The summed E-state index contributed by atoms with van der Waals surface area (Å²) < 4.78 is 0. The molecule has 5 amide bonds. The zero-order valence-corrected chi connectivity index (χ0v) is 17.1. The Hall–Kier alpha value is -3.55. The Morgan fingerprint density at radius 1 is 1.00 bits per heavy atom. The average Bonchev–Trinajstić information content (AvgIpc) is 3.01. The number of urea groups is 2. The van der Waals surface area contributed by atoms with Gasteiger partial charge in [0.2, 0.25) is 5.91 Å². The minimum Gasteiger partial charge on any atom is -0.333 e. The van der Waals surface area contributed by atoms with Crippen LogP contribution in [0.5, 0.6) is 0 Å². The highest BCUT2D eigenvalue weighted by Crippen LogP contribution is 2.29. The van der Waals surface area contributed by atoms with Crippen LogP contribution in [0.25, 0.3) is 0 Å². The fourth-order valence-electron chi connectivity index (χ4n) is 4.04. The molecule has 0 spiro atoms. The molecule has 2 aromatic rings. The van der Waals surface area contributed by atoms with E-state index in [0.29, 0.717) is 13.1 Å². The van der Waals surface area contributed by atoms with Crippen molar-refractivity contribution in [3.63, 3.8) is 0 Å². The second-order valence-electron chi connectivity index (χ2n) is 7.56. The summed E-state index contributed by atoms with van der Waals surface area (Å²) in [5.74, 6) is -0.122. The van der Waals surface area contributed by atoms with E-state index in [0.717, 1.165) is 11.1 Å². The van der Waals surface area contributed by atoms with Gasteiger partial charge in [-0.05, 0) is 18.1 Å². The van der Waals surface area contributed by atoms with Crippen LogP contribution in [0.2, 0.25) is 0 Å². The van der Waals surface area contributed by atoms with Crippen LogP contribution < -0.4 is 5.32 Å². The van der Waals surface area contributed by atoms with Crippen LogP contribution in [0.1, 0.15) is 18.1 Å². The van der Waals surface area contributed by atoms with Gasteiger partial charge in [-0.1, -0.05) is 60.7 Å². The van der Waals surface area contributed by atoms with E-state index in [1.165, 1.54) is 14.9 Å². The Bertz CT molecular complexity index is 936. The fourth-order valence-corrected chi connectivity index (χ4v) is 4.04.